The van der Waals surface area contributed by atoms with Crippen LogP contribution in [0.3, 0.4) is 0 Å². The van der Waals surface area contributed by atoms with Crippen molar-refractivity contribution in [2.24, 2.45) is 5.92 Å². The Balaban J connectivity index is 2.11. The molecular weight excluding hydrogens is 270 g/mol. The third-order valence-electron chi connectivity index (χ3n) is 3.69. The van der Waals surface area contributed by atoms with Crippen LogP contribution in [0.1, 0.15) is 18.4 Å². The van der Waals surface area contributed by atoms with Crippen LogP contribution < -0.4 is 4.90 Å². The minimum absolute atomic E-state index is 0.233. The van der Waals surface area contributed by atoms with Crippen LogP contribution in [0, 0.1) is 17.2 Å². The molecule has 2 rings (SSSR count). The van der Waals surface area contributed by atoms with Crippen molar-refractivity contribution in [3.05, 3.63) is 29.8 Å². The van der Waals surface area contributed by atoms with Crippen molar-refractivity contribution in [2.75, 3.05) is 25.0 Å². The first-order valence-electron chi connectivity index (χ1n) is 6.78. The smallest absolute Gasteiger partial charge is 0.324 e. The fourth-order valence-electron chi connectivity index (χ4n) is 2.46. The number of aliphatic carboxylic acids is 1. The van der Waals surface area contributed by atoms with E-state index >= 15 is 0 Å². The van der Waals surface area contributed by atoms with Crippen LogP contribution in [0.4, 0.5) is 10.5 Å². The lowest BCUT2D eigenvalue weighted by atomic mass is 9.98. The fourth-order valence-corrected chi connectivity index (χ4v) is 2.46. The van der Waals surface area contributed by atoms with Crippen molar-refractivity contribution >= 4 is 17.7 Å². The van der Waals surface area contributed by atoms with E-state index in [0.29, 0.717) is 30.6 Å². The van der Waals surface area contributed by atoms with Crippen LogP contribution >= 0.6 is 0 Å². The van der Waals surface area contributed by atoms with E-state index < -0.39 is 11.9 Å². The second-order valence-corrected chi connectivity index (χ2v) is 5.13. The minimum atomic E-state index is -0.860. The van der Waals surface area contributed by atoms with Crippen LogP contribution in [-0.4, -0.2) is 42.1 Å². The van der Waals surface area contributed by atoms with Crippen LogP contribution in [0.15, 0.2) is 24.3 Å². The van der Waals surface area contributed by atoms with Gasteiger partial charge in [0.1, 0.15) is 0 Å². The quantitative estimate of drug-likeness (QED) is 0.900. The maximum atomic E-state index is 12.4. The van der Waals surface area contributed by atoms with Gasteiger partial charge in [-0.3, -0.25) is 9.69 Å². The van der Waals surface area contributed by atoms with E-state index in [1.807, 2.05) is 6.07 Å². The third-order valence-corrected chi connectivity index (χ3v) is 3.69. The van der Waals surface area contributed by atoms with Crippen LogP contribution in [-0.2, 0) is 4.79 Å². The number of carbonyl (C=O) groups is 2. The molecule has 1 heterocycles. The average molecular weight is 287 g/mol. The van der Waals surface area contributed by atoms with Gasteiger partial charge in [0.2, 0.25) is 0 Å². The monoisotopic (exact) mass is 287 g/mol. The molecule has 1 N–H and O–H groups in total. The topological polar surface area (TPSA) is 84.6 Å². The van der Waals surface area contributed by atoms with Crippen molar-refractivity contribution in [1.82, 2.24) is 4.90 Å². The SMILES string of the molecule is CN(C(=O)N1CCC[C@@H](C(=O)O)C1)c1cccc(C#N)c1. The molecule has 1 atom stereocenters. The number of carbonyl (C=O) groups excluding carboxylic acids is 1. The summed E-state index contributed by atoms with van der Waals surface area (Å²) in [6, 6.07) is 8.56. The first kappa shape index (κ1) is 14.9. The number of hydrogen-bond donors (Lipinski definition) is 1. The van der Waals surface area contributed by atoms with E-state index in [1.165, 1.54) is 4.90 Å². The Bertz CT molecular complexity index is 594. The number of benzene rings is 1. The zero-order chi connectivity index (χ0) is 15.4. The number of anilines is 1. The van der Waals surface area contributed by atoms with Gasteiger partial charge in [0, 0.05) is 25.8 Å². The van der Waals surface area contributed by atoms with Crippen LogP contribution in [0.25, 0.3) is 0 Å². The molecule has 0 saturated carbocycles. The molecule has 21 heavy (non-hydrogen) atoms. The molecule has 1 aromatic carbocycles. The lowest BCUT2D eigenvalue weighted by Crippen LogP contribution is -2.47. The molecular formula is C15H17N3O3. The summed E-state index contributed by atoms with van der Waals surface area (Å²) in [5, 5.41) is 18.0. The van der Waals surface area contributed by atoms with Crippen molar-refractivity contribution in [3.8, 4) is 6.07 Å². The van der Waals surface area contributed by atoms with Crippen LogP contribution in [0.2, 0.25) is 0 Å². The number of piperidine rings is 1. The molecule has 110 valence electrons. The van der Waals surface area contributed by atoms with Gasteiger partial charge in [-0.05, 0) is 31.0 Å². The lowest BCUT2D eigenvalue weighted by molar-refractivity contribution is -0.143. The number of carboxylic acid groups (broad SMARTS) is 1. The van der Waals surface area contributed by atoms with E-state index in [2.05, 4.69) is 0 Å². The second-order valence-electron chi connectivity index (χ2n) is 5.13. The van der Waals surface area contributed by atoms with Crippen molar-refractivity contribution in [3.63, 3.8) is 0 Å². The van der Waals surface area contributed by atoms with Gasteiger partial charge >= 0.3 is 12.0 Å². The summed E-state index contributed by atoms with van der Waals surface area (Å²) in [6.07, 6.45) is 1.29. The highest BCUT2D eigenvalue weighted by Crippen LogP contribution is 2.21. The molecule has 2 amide bonds. The van der Waals surface area contributed by atoms with Gasteiger partial charge in [0.15, 0.2) is 0 Å². The molecule has 0 bridgehead atoms. The molecule has 1 aliphatic rings. The van der Waals surface area contributed by atoms with Crippen molar-refractivity contribution in [2.45, 2.75) is 12.8 Å². The molecule has 0 unspecified atom stereocenters. The molecule has 0 aromatic heterocycles. The molecule has 1 aromatic rings. The number of carboxylic acids is 1. The molecule has 0 aliphatic carbocycles. The number of amides is 2. The molecule has 6 heteroatoms. The second kappa shape index (κ2) is 6.27. The number of urea groups is 1. The summed E-state index contributed by atoms with van der Waals surface area (Å²) >= 11 is 0. The highest BCUT2D eigenvalue weighted by atomic mass is 16.4. The van der Waals surface area contributed by atoms with E-state index in [0.717, 1.165) is 0 Å². The van der Waals surface area contributed by atoms with E-state index in [1.54, 1.807) is 36.2 Å². The predicted octanol–water partition coefficient (Wildman–Crippen LogP) is 1.91. The maximum Gasteiger partial charge on any atom is 0.324 e. The van der Waals surface area contributed by atoms with Gasteiger partial charge in [-0.25, -0.2) is 4.79 Å². The van der Waals surface area contributed by atoms with Gasteiger partial charge in [-0.2, -0.15) is 5.26 Å². The van der Waals surface area contributed by atoms with Gasteiger partial charge in [0.25, 0.3) is 0 Å². The zero-order valence-corrected chi connectivity index (χ0v) is 11.8. The highest BCUT2D eigenvalue weighted by Gasteiger charge is 2.29. The summed E-state index contributed by atoms with van der Waals surface area (Å²) in [5.74, 6) is -1.36. The summed E-state index contributed by atoms with van der Waals surface area (Å²) in [6.45, 7) is 0.793. The van der Waals surface area contributed by atoms with E-state index in [4.69, 9.17) is 10.4 Å². The van der Waals surface area contributed by atoms with Gasteiger partial charge in [-0.1, -0.05) is 6.07 Å². The van der Waals surface area contributed by atoms with Gasteiger partial charge < -0.3 is 10.0 Å². The van der Waals surface area contributed by atoms with Crippen molar-refractivity contribution in [1.29, 1.82) is 5.26 Å². The molecule has 1 aliphatic heterocycles. The van der Waals surface area contributed by atoms with Crippen LogP contribution in [0.5, 0.6) is 0 Å². The maximum absolute atomic E-state index is 12.4. The standard InChI is InChI=1S/C15H17N3O3/c1-17(13-6-2-4-11(8-13)9-16)15(21)18-7-3-5-12(10-18)14(19)20/h2,4,6,8,12H,3,5,7,10H2,1H3,(H,19,20)/t12-/m1/s1. The minimum Gasteiger partial charge on any atom is -0.481 e. The van der Waals surface area contributed by atoms with E-state index in [9.17, 15) is 9.59 Å². The number of rotatable bonds is 2. The fraction of sp³-hybridized carbons (Fsp3) is 0.400. The Labute approximate surface area is 123 Å². The molecule has 0 spiro atoms. The van der Waals surface area contributed by atoms with Crippen molar-refractivity contribution < 1.29 is 14.7 Å². The van der Waals surface area contributed by atoms with E-state index in [-0.39, 0.29) is 12.6 Å². The van der Waals surface area contributed by atoms with Gasteiger partial charge in [-0.15, -0.1) is 0 Å². The Morgan fingerprint density at radius 1 is 1.48 bits per heavy atom. The number of hydrogen-bond acceptors (Lipinski definition) is 3. The lowest BCUT2D eigenvalue weighted by Gasteiger charge is -2.33. The van der Waals surface area contributed by atoms with Gasteiger partial charge in [0.05, 0.1) is 17.6 Å². The molecule has 1 saturated heterocycles. The first-order chi connectivity index (χ1) is 10.0. The normalized spacial score (nSPS) is 17.9. The Kier molecular flexibility index (Phi) is 4.43. The highest BCUT2D eigenvalue weighted by molar-refractivity contribution is 5.92. The summed E-state index contributed by atoms with van der Waals surface area (Å²) in [4.78, 5) is 26.5. The Morgan fingerprint density at radius 2 is 2.24 bits per heavy atom. The summed E-state index contributed by atoms with van der Waals surface area (Å²) in [7, 11) is 1.63. The summed E-state index contributed by atoms with van der Waals surface area (Å²) < 4.78 is 0. The largest absolute Gasteiger partial charge is 0.481 e. The third kappa shape index (κ3) is 3.31. The number of nitriles is 1. The average Bonchev–Trinajstić information content (AvgIpc) is 2.53. The number of nitrogens with zero attached hydrogens (tertiary/aromatic N) is 3. The first-order valence-corrected chi connectivity index (χ1v) is 6.78. The Hall–Kier alpha value is -2.55. The molecule has 0 radical (unpaired) electrons. The zero-order valence-electron chi connectivity index (χ0n) is 11.8. The summed E-state index contributed by atoms with van der Waals surface area (Å²) in [5.41, 5.74) is 1.10. The number of likely N-dealkylation sites (tertiary alicyclic amines) is 1. The predicted molar refractivity (Wildman–Crippen MR) is 76.9 cm³/mol. The Morgan fingerprint density at radius 3 is 2.90 bits per heavy atom. The molecule has 6 nitrogen and oxygen atoms in total. The molecule has 1 fully saturated rings.